The van der Waals surface area contributed by atoms with Crippen molar-refractivity contribution in [1.29, 1.82) is 0 Å². The highest BCUT2D eigenvalue weighted by atomic mass is 32.1. The summed E-state index contributed by atoms with van der Waals surface area (Å²) in [6.07, 6.45) is 2.70. The number of H-pyrrole nitrogens is 1. The third-order valence-electron chi connectivity index (χ3n) is 4.28. The smallest absolute Gasteiger partial charge is 0.293 e. The van der Waals surface area contributed by atoms with Gasteiger partial charge in [-0.05, 0) is 31.9 Å². The number of aryl methyl sites for hydroxylation is 2. The number of hydrogen-bond acceptors (Lipinski definition) is 5. The van der Waals surface area contributed by atoms with Crippen LogP contribution in [0.1, 0.15) is 50.4 Å². The van der Waals surface area contributed by atoms with Crippen LogP contribution in [0.25, 0.3) is 0 Å². The van der Waals surface area contributed by atoms with Crippen LogP contribution < -0.4 is 10.9 Å². The van der Waals surface area contributed by atoms with E-state index >= 15 is 0 Å². The van der Waals surface area contributed by atoms with E-state index in [1.54, 1.807) is 11.8 Å². The largest absolute Gasteiger partial charge is 0.383 e. The lowest BCUT2D eigenvalue weighted by molar-refractivity contribution is 0.0787. The van der Waals surface area contributed by atoms with Crippen LogP contribution >= 0.6 is 11.3 Å². The minimum Gasteiger partial charge on any atom is -0.383 e. The molecule has 1 unspecified atom stereocenters. The van der Waals surface area contributed by atoms with Crippen LogP contribution in [0.2, 0.25) is 0 Å². The molecule has 0 radical (unpaired) electrons. The van der Waals surface area contributed by atoms with Gasteiger partial charge >= 0.3 is 0 Å². The summed E-state index contributed by atoms with van der Waals surface area (Å²) in [6, 6.07) is 3.71. The maximum Gasteiger partial charge on any atom is 0.293 e. The molecule has 3 rings (SSSR count). The topological polar surface area (TPSA) is 95.4 Å². The lowest BCUT2D eigenvalue weighted by Gasteiger charge is -2.16. The minimum absolute atomic E-state index is 0.00133. The normalized spacial score (nSPS) is 17.0. The second kappa shape index (κ2) is 7.26. The van der Waals surface area contributed by atoms with Gasteiger partial charge in [-0.15, -0.1) is 11.3 Å². The van der Waals surface area contributed by atoms with Gasteiger partial charge in [0.15, 0.2) is 0 Å². The third kappa shape index (κ3) is 3.68. The Balaban J connectivity index is 1.60. The Morgan fingerprint density at radius 3 is 2.92 bits per heavy atom. The summed E-state index contributed by atoms with van der Waals surface area (Å²) in [5, 5.41) is 4.96. The van der Waals surface area contributed by atoms with Crippen molar-refractivity contribution in [1.82, 2.24) is 15.4 Å². The third-order valence-corrected chi connectivity index (χ3v) is 5.42. The van der Waals surface area contributed by atoms with Crippen molar-refractivity contribution in [2.45, 2.75) is 39.2 Å². The molecule has 1 fully saturated rings. The van der Waals surface area contributed by atoms with Gasteiger partial charge < -0.3 is 14.7 Å². The molecule has 2 N–H and O–H groups in total. The number of aromatic amines is 1. The van der Waals surface area contributed by atoms with Crippen LogP contribution in [0.3, 0.4) is 0 Å². The molecule has 2 amide bonds. The molecular formula is C17H21N3O4S. The van der Waals surface area contributed by atoms with Crippen molar-refractivity contribution in [3.8, 4) is 0 Å². The number of thiophene rings is 1. The van der Waals surface area contributed by atoms with Crippen molar-refractivity contribution in [3.63, 3.8) is 0 Å². The fourth-order valence-corrected chi connectivity index (χ4v) is 4.07. The predicted molar refractivity (Wildman–Crippen MR) is 94.2 cm³/mol. The molecular weight excluding hydrogens is 342 g/mol. The number of rotatable bonds is 5. The second-order valence-electron chi connectivity index (χ2n) is 6.19. The molecule has 0 bridgehead atoms. The lowest BCUT2D eigenvalue weighted by Crippen LogP contribution is -2.39. The molecule has 7 nitrogen and oxygen atoms in total. The maximum absolute atomic E-state index is 12.6. The molecule has 2 aromatic heterocycles. The highest BCUT2D eigenvalue weighted by molar-refractivity contribution is 7.14. The van der Waals surface area contributed by atoms with E-state index in [0.29, 0.717) is 19.5 Å². The average molecular weight is 363 g/mol. The Morgan fingerprint density at radius 2 is 2.24 bits per heavy atom. The van der Waals surface area contributed by atoms with Crippen molar-refractivity contribution in [3.05, 3.63) is 43.6 Å². The second-order valence-corrected chi connectivity index (χ2v) is 7.36. The summed E-state index contributed by atoms with van der Waals surface area (Å²) >= 11 is 1.53. The molecule has 25 heavy (non-hydrogen) atoms. The molecule has 2 aromatic rings. The Morgan fingerprint density at radius 1 is 1.44 bits per heavy atom. The zero-order chi connectivity index (χ0) is 18.0. The summed E-state index contributed by atoms with van der Waals surface area (Å²) in [6.45, 7) is 4.70. The highest BCUT2D eigenvalue weighted by Gasteiger charge is 2.30. The summed E-state index contributed by atoms with van der Waals surface area (Å²) < 4.78 is 4.86. The Hall–Kier alpha value is -2.35. The number of carbonyl (C=O) groups is 2. The predicted octanol–water partition coefficient (Wildman–Crippen LogP) is 1.93. The molecule has 0 aromatic carbocycles. The lowest BCUT2D eigenvalue weighted by atomic mass is 10.2. The van der Waals surface area contributed by atoms with Gasteiger partial charge in [-0.1, -0.05) is 13.3 Å². The molecule has 1 saturated heterocycles. The van der Waals surface area contributed by atoms with E-state index in [4.69, 9.17) is 4.52 Å². The Kier molecular flexibility index (Phi) is 5.08. The number of amides is 2. The Bertz CT molecular complexity index is 835. The molecule has 1 aliphatic heterocycles. The van der Waals surface area contributed by atoms with Gasteiger partial charge in [0.25, 0.3) is 17.4 Å². The van der Waals surface area contributed by atoms with Crippen LogP contribution in [0.4, 0.5) is 0 Å². The van der Waals surface area contributed by atoms with Gasteiger partial charge in [-0.25, -0.2) is 0 Å². The highest BCUT2D eigenvalue weighted by Crippen LogP contribution is 2.22. The van der Waals surface area contributed by atoms with Crippen molar-refractivity contribution >= 4 is 23.2 Å². The number of hydrogen-bond donors (Lipinski definition) is 2. The van der Waals surface area contributed by atoms with Gasteiger partial charge in [0, 0.05) is 24.0 Å². The SMILES string of the molecule is CCCc1ccc(C(=O)N2CCC(NC(=O)c3c(C)o[nH]c3=O)C2)s1. The summed E-state index contributed by atoms with van der Waals surface area (Å²) in [5.41, 5.74) is -0.546. The van der Waals surface area contributed by atoms with E-state index < -0.39 is 11.5 Å². The van der Waals surface area contributed by atoms with E-state index in [2.05, 4.69) is 17.4 Å². The van der Waals surface area contributed by atoms with Crippen LogP contribution in [-0.2, 0) is 6.42 Å². The first-order chi connectivity index (χ1) is 12.0. The quantitative estimate of drug-likeness (QED) is 0.848. The standard InChI is InChI=1S/C17H21N3O4S/c1-3-4-12-5-6-13(25-12)17(23)20-8-7-11(9-20)18-15(21)14-10(2)24-19-16(14)22/h5-6,11H,3-4,7-9H2,1-2H3,(H,18,21)(H,19,22). The van der Waals surface area contributed by atoms with Crippen molar-refractivity contribution < 1.29 is 14.1 Å². The van der Waals surface area contributed by atoms with Crippen LogP contribution in [-0.4, -0.2) is 41.0 Å². The van der Waals surface area contributed by atoms with Crippen molar-refractivity contribution in [2.24, 2.45) is 0 Å². The van der Waals surface area contributed by atoms with E-state index in [9.17, 15) is 14.4 Å². The van der Waals surface area contributed by atoms with E-state index in [1.165, 1.54) is 16.2 Å². The van der Waals surface area contributed by atoms with Crippen LogP contribution in [0.5, 0.6) is 0 Å². The zero-order valence-corrected chi connectivity index (χ0v) is 15.1. The molecule has 134 valence electrons. The van der Waals surface area contributed by atoms with Gasteiger partial charge in [0.05, 0.1) is 4.88 Å². The van der Waals surface area contributed by atoms with Gasteiger partial charge in [0.2, 0.25) is 0 Å². The minimum atomic E-state index is -0.539. The monoisotopic (exact) mass is 363 g/mol. The molecule has 1 atom stereocenters. The number of nitrogens with zero attached hydrogens (tertiary/aromatic N) is 1. The molecule has 3 heterocycles. The van der Waals surface area contributed by atoms with E-state index in [1.807, 2.05) is 12.1 Å². The zero-order valence-electron chi connectivity index (χ0n) is 14.3. The Labute approximate surface area is 149 Å². The first-order valence-electron chi connectivity index (χ1n) is 8.36. The molecule has 1 aliphatic rings. The number of nitrogens with one attached hydrogen (secondary N) is 2. The fraction of sp³-hybridized carbons (Fsp3) is 0.471. The first-order valence-corrected chi connectivity index (χ1v) is 9.18. The molecule has 0 aliphatic carbocycles. The van der Waals surface area contributed by atoms with Gasteiger partial charge in [-0.2, -0.15) is 5.16 Å². The summed E-state index contributed by atoms with van der Waals surface area (Å²) in [5.74, 6) is -0.204. The average Bonchev–Trinajstić information content (AvgIpc) is 3.28. The van der Waals surface area contributed by atoms with Gasteiger partial charge in [0.1, 0.15) is 11.3 Å². The maximum atomic E-state index is 12.6. The number of aromatic nitrogens is 1. The number of likely N-dealkylation sites (tertiary alicyclic amines) is 1. The molecule has 8 heteroatoms. The van der Waals surface area contributed by atoms with Crippen molar-refractivity contribution in [2.75, 3.05) is 13.1 Å². The van der Waals surface area contributed by atoms with Crippen LogP contribution in [0.15, 0.2) is 21.5 Å². The fourth-order valence-electron chi connectivity index (χ4n) is 3.00. The van der Waals surface area contributed by atoms with E-state index in [0.717, 1.165) is 17.7 Å². The number of carbonyl (C=O) groups excluding carboxylic acids is 2. The molecule has 0 spiro atoms. The van der Waals surface area contributed by atoms with Gasteiger partial charge in [-0.3, -0.25) is 14.4 Å². The van der Waals surface area contributed by atoms with Crippen LogP contribution in [0, 0.1) is 6.92 Å². The van der Waals surface area contributed by atoms with E-state index in [-0.39, 0.29) is 23.3 Å². The first kappa shape index (κ1) is 17.5. The summed E-state index contributed by atoms with van der Waals surface area (Å²) in [7, 11) is 0. The molecule has 0 saturated carbocycles. The summed E-state index contributed by atoms with van der Waals surface area (Å²) in [4.78, 5) is 40.1.